The highest BCUT2D eigenvalue weighted by molar-refractivity contribution is 5.97. The fourth-order valence-electron chi connectivity index (χ4n) is 2.42. The third kappa shape index (κ3) is 6.60. The Morgan fingerprint density at radius 2 is 1.62 bits per heavy atom. The summed E-state index contributed by atoms with van der Waals surface area (Å²) in [5.74, 6) is -1.90. The van der Waals surface area contributed by atoms with Gasteiger partial charge in [0.25, 0.3) is 11.8 Å². The molecule has 0 saturated heterocycles. The van der Waals surface area contributed by atoms with Crippen LogP contribution < -0.4 is 15.4 Å². The predicted molar refractivity (Wildman–Crippen MR) is 105 cm³/mol. The molecule has 1 atom stereocenters. The van der Waals surface area contributed by atoms with Crippen LogP contribution in [0.1, 0.15) is 24.2 Å². The number of carbonyl (C=O) groups is 3. The summed E-state index contributed by atoms with van der Waals surface area (Å²) in [5, 5.41) is 5.15. The summed E-state index contributed by atoms with van der Waals surface area (Å²) in [6.45, 7) is 2.96. The third-order valence-corrected chi connectivity index (χ3v) is 4.03. The molecule has 0 aliphatic rings. The lowest BCUT2D eigenvalue weighted by Gasteiger charge is -2.20. The Morgan fingerprint density at radius 3 is 2.17 bits per heavy atom. The maximum atomic E-state index is 13.0. The van der Waals surface area contributed by atoms with Crippen LogP contribution >= 0.6 is 0 Å². The van der Waals surface area contributed by atoms with Crippen LogP contribution in [-0.2, 0) is 14.3 Å². The first kappa shape index (κ1) is 21.9. The first-order valence-electron chi connectivity index (χ1n) is 8.97. The summed E-state index contributed by atoms with van der Waals surface area (Å²) in [4.78, 5) is 36.6. The second-order valence-electron chi connectivity index (χ2n) is 6.59. The summed E-state index contributed by atoms with van der Waals surface area (Å²) in [7, 11) is 1.53. The van der Waals surface area contributed by atoms with Gasteiger partial charge in [-0.3, -0.25) is 9.59 Å². The minimum absolute atomic E-state index is 0.210. The van der Waals surface area contributed by atoms with Gasteiger partial charge in [0.1, 0.15) is 17.6 Å². The highest BCUT2D eigenvalue weighted by Crippen LogP contribution is 2.15. The molecule has 0 saturated carbocycles. The quantitative estimate of drug-likeness (QED) is 0.663. The Morgan fingerprint density at radius 1 is 1.00 bits per heavy atom. The van der Waals surface area contributed by atoms with Gasteiger partial charge in [-0.1, -0.05) is 13.8 Å². The van der Waals surface area contributed by atoms with Crippen molar-refractivity contribution in [3.63, 3.8) is 0 Å². The summed E-state index contributed by atoms with van der Waals surface area (Å²) in [5.41, 5.74) is 0.735. The minimum atomic E-state index is -0.957. The second kappa shape index (κ2) is 10.2. The van der Waals surface area contributed by atoms with Crippen LogP contribution in [0.4, 0.5) is 10.1 Å². The van der Waals surface area contributed by atoms with Crippen LogP contribution in [0, 0.1) is 11.7 Å². The molecule has 0 heterocycles. The van der Waals surface area contributed by atoms with Crippen molar-refractivity contribution in [1.29, 1.82) is 0 Å². The van der Waals surface area contributed by atoms with Gasteiger partial charge in [-0.05, 0) is 54.4 Å². The van der Waals surface area contributed by atoms with Gasteiger partial charge in [0.15, 0.2) is 6.61 Å². The Balaban J connectivity index is 1.90. The zero-order valence-corrected chi connectivity index (χ0v) is 16.4. The van der Waals surface area contributed by atoms with E-state index in [1.165, 1.54) is 19.2 Å². The number of esters is 1. The summed E-state index contributed by atoms with van der Waals surface area (Å²) < 4.78 is 23.1. The number of ether oxygens (including phenoxy) is 2. The molecule has 0 unspecified atom stereocenters. The predicted octanol–water partition coefficient (Wildman–Crippen LogP) is 2.77. The molecule has 0 fully saturated rings. The molecule has 0 bridgehead atoms. The average Bonchev–Trinajstić information content (AvgIpc) is 2.71. The van der Waals surface area contributed by atoms with Gasteiger partial charge in [-0.2, -0.15) is 0 Å². The lowest BCUT2D eigenvalue weighted by atomic mass is 10.0. The number of halogens is 1. The van der Waals surface area contributed by atoms with Crippen molar-refractivity contribution in [1.82, 2.24) is 5.32 Å². The Bertz CT molecular complexity index is 850. The molecular formula is C21H23FN2O5. The first-order chi connectivity index (χ1) is 13.8. The molecule has 2 amide bonds. The van der Waals surface area contributed by atoms with Crippen molar-refractivity contribution in [2.75, 3.05) is 19.0 Å². The Hall–Kier alpha value is -3.42. The number of rotatable bonds is 8. The standard InChI is InChI=1S/C21H23FN2O5/c1-13(2)19(24-20(26)14-4-6-15(22)7-5-14)21(27)29-12-18(25)23-16-8-10-17(28-3)11-9-16/h4-11,13,19H,12H2,1-3H3,(H,23,25)(H,24,26)/t19-/m0/s1. The third-order valence-electron chi connectivity index (χ3n) is 4.03. The smallest absolute Gasteiger partial charge is 0.329 e. The molecule has 0 radical (unpaired) electrons. The number of nitrogens with one attached hydrogen (secondary N) is 2. The fourth-order valence-corrected chi connectivity index (χ4v) is 2.42. The van der Waals surface area contributed by atoms with Crippen molar-refractivity contribution in [2.45, 2.75) is 19.9 Å². The monoisotopic (exact) mass is 402 g/mol. The molecule has 8 heteroatoms. The number of carbonyl (C=O) groups excluding carboxylic acids is 3. The van der Waals surface area contributed by atoms with E-state index < -0.39 is 36.2 Å². The SMILES string of the molecule is COc1ccc(NC(=O)COC(=O)[C@@H](NC(=O)c2ccc(F)cc2)C(C)C)cc1. The molecule has 0 spiro atoms. The molecule has 2 aromatic carbocycles. The number of benzene rings is 2. The first-order valence-corrected chi connectivity index (χ1v) is 8.97. The lowest BCUT2D eigenvalue weighted by molar-refractivity contribution is -0.150. The Labute approximate surface area is 168 Å². The van der Waals surface area contributed by atoms with Crippen LogP contribution in [0.2, 0.25) is 0 Å². The van der Waals surface area contributed by atoms with Crippen molar-refractivity contribution in [3.05, 3.63) is 59.9 Å². The summed E-state index contributed by atoms with van der Waals surface area (Å²) in [6.07, 6.45) is 0. The topological polar surface area (TPSA) is 93.7 Å². The number of hydrogen-bond donors (Lipinski definition) is 2. The number of hydrogen-bond acceptors (Lipinski definition) is 5. The molecule has 0 aliphatic carbocycles. The fraction of sp³-hybridized carbons (Fsp3) is 0.286. The average molecular weight is 402 g/mol. The van der Waals surface area contributed by atoms with Crippen LogP contribution in [-0.4, -0.2) is 37.5 Å². The summed E-state index contributed by atoms with van der Waals surface area (Å²) >= 11 is 0. The highest BCUT2D eigenvalue weighted by atomic mass is 19.1. The second-order valence-corrected chi connectivity index (χ2v) is 6.59. The van der Waals surface area contributed by atoms with E-state index in [-0.39, 0.29) is 11.5 Å². The molecule has 154 valence electrons. The number of methoxy groups -OCH3 is 1. The molecular weight excluding hydrogens is 379 g/mol. The van der Waals surface area contributed by atoms with E-state index in [2.05, 4.69) is 10.6 Å². The van der Waals surface area contributed by atoms with Gasteiger partial charge < -0.3 is 20.1 Å². The van der Waals surface area contributed by atoms with Gasteiger partial charge in [-0.15, -0.1) is 0 Å². The van der Waals surface area contributed by atoms with Gasteiger partial charge >= 0.3 is 5.97 Å². The van der Waals surface area contributed by atoms with Crippen molar-refractivity contribution >= 4 is 23.5 Å². The van der Waals surface area contributed by atoms with Gasteiger partial charge in [0, 0.05) is 11.3 Å². The number of amides is 2. The lowest BCUT2D eigenvalue weighted by Crippen LogP contribution is -2.45. The highest BCUT2D eigenvalue weighted by Gasteiger charge is 2.26. The van der Waals surface area contributed by atoms with E-state index in [9.17, 15) is 18.8 Å². The normalized spacial score (nSPS) is 11.5. The van der Waals surface area contributed by atoms with E-state index >= 15 is 0 Å². The zero-order valence-electron chi connectivity index (χ0n) is 16.4. The van der Waals surface area contributed by atoms with E-state index in [1.807, 2.05) is 0 Å². The molecule has 7 nitrogen and oxygen atoms in total. The van der Waals surface area contributed by atoms with Crippen LogP contribution in [0.5, 0.6) is 5.75 Å². The maximum absolute atomic E-state index is 13.0. The minimum Gasteiger partial charge on any atom is -0.497 e. The van der Waals surface area contributed by atoms with Crippen LogP contribution in [0.3, 0.4) is 0 Å². The molecule has 0 aliphatic heterocycles. The molecule has 29 heavy (non-hydrogen) atoms. The molecule has 2 rings (SSSR count). The van der Waals surface area contributed by atoms with Gasteiger partial charge in [0.2, 0.25) is 0 Å². The number of anilines is 1. The molecule has 2 aromatic rings. The molecule has 2 N–H and O–H groups in total. The van der Waals surface area contributed by atoms with E-state index in [1.54, 1.807) is 38.1 Å². The van der Waals surface area contributed by atoms with Gasteiger partial charge in [0.05, 0.1) is 7.11 Å². The molecule has 0 aromatic heterocycles. The van der Waals surface area contributed by atoms with Crippen LogP contribution in [0.25, 0.3) is 0 Å². The van der Waals surface area contributed by atoms with E-state index in [4.69, 9.17) is 9.47 Å². The maximum Gasteiger partial charge on any atom is 0.329 e. The van der Waals surface area contributed by atoms with Crippen molar-refractivity contribution in [2.24, 2.45) is 5.92 Å². The largest absolute Gasteiger partial charge is 0.497 e. The van der Waals surface area contributed by atoms with E-state index in [0.717, 1.165) is 12.1 Å². The Kier molecular flexibility index (Phi) is 7.70. The van der Waals surface area contributed by atoms with Gasteiger partial charge in [-0.25, -0.2) is 9.18 Å². The van der Waals surface area contributed by atoms with Crippen molar-refractivity contribution in [3.8, 4) is 5.75 Å². The van der Waals surface area contributed by atoms with Crippen molar-refractivity contribution < 1.29 is 28.2 Å². The summed E-state index contributed by atoms with van der Waals surface area (Å²) in [6, 6.07) is 10.6. The zero-order chi connectivity index (χ0) is 21.4. The van der Waals surface area contributed by atoms with Crippen LogP contribution in [0.15, 0.2) is 48.5 Å². The van der Waals surface area contributed by atoms with E-state index in [0.29, 0.717) is 11.4 Å².